The zero-order chi connectivity index (χ0) is 21.5. The molecule has 0 spiro atoms. The predicted molar refractivity (Wildman–Crippen MR) is 110 cm³/mol. The monoisotopic (exact) mass is 424 g/mol. The second-order valence-electron chi connectivity index (χ2n) is 8.33. The van der Waals surface area contributed by atoms with Crippen LogP contribution in [0, 0.1) is 5.92 Å². The van der Waals surface area contributed by atoms with E-state index >= 15 is 0 Å². The lowest BCUT2D eigenvalue weighted by atomic mass is 9.76. The fourth-order valence-corrected chi connectivity index (χ4v) is 5.05. The fourth-order valence-electron chi connectivity index (χ4n) is 5.05. The molecule has 5 rings (SSSR count). The molecule has 1 aromatic carbocycles. The number of likely N-dealkylation sites (tertiary alicyclic amines) is 1. The van der Waals surface area contributed by atoms with Gasteiger partial charge in [0.15, 0.2) is 5.69 Å². The average molecular weight is 424 g/mol. The minimum absolute atomic E-state index is 0.000310. The molecule has 6 nitrogen and oxygen atoms in total. The van der Waals surface area contributed by atoms with Gasteiger partial charge in [0, 0.05) is 36.8 Å². The molecular weight excluding hydrogens is 402 g/mol. The highest BCUT2D eigenvalue weighted by Gasteiger charge is 2.42. The molecular formula is C23H22F2N4O2. The molecule has 4 heterocycles. The van der Waals surface area contributed by atoms with Crippen molar-refractivity contribution in [2.45, 2.75) is 31.2 Å². The Bertz CT molecular complexity index is 1160. The minimum atomic E-state index is -2.70. The van der Waals surface area contributed by atoms with Crippen molar-refractivity contribution in [3.05, 3.63) is 87.6 Å². The molecule has 0 radical (unpaired) electrons. The SMILES string of the molecule is O=C(c1cc(C(F)F)[nH]n1)N1C[C@H]2C[C@@H](C1)[C@H](Cc1ccccc1)n1c2cccc1=O. The number of halogens is 2. The van der Waals surface area contributed by atoms with Gasteiger partial charge in [0.05, 0.1) is 0 Å². The Labute approximate surface area is 177 Å². The Morgan fingerprint density at radius 2 is 1.94 bits per heavy atom. The predicted octanol–water partition coefficient (Wildman–Crippen LogP) is 3.55. The fraction of sp³-hybridized carbons (Fsp3) is 0.348. The van der Waals surface area contributed by atoms with Gasteiger partial charge in [0.25, 0.3) is 17.9 Å². The molecule has 31 heavy (non-hydrogen) atoms. The molecule has 1 N–H and O–H groups in total. The molecule has 2 bridgehead atoms. The lowest BCUT2D eigenvalue weighted by Crippen LogP contribution is -2.51. The summed E-state index contributed by atoms with van der Waals surface area (Å²) in [6, 6.07) is 16.3. The first kappa shape index (κ1) is 19.7. The van der Waals surface area contributed by atoms with Crippen LogP contribution in [0.2, 0.25) is 0 Å². The van der Waals surface area contributed by atoms with Crippen molar-refractivity contribution < 1.29 is 13.6 Å². The molecule has 8 heteroatoms. The van der Waals surface area contributed by atoms with E-state index in [9.17, 15) is 18.4 Å². The van der Waals surface area contributed by atoms with Crippen molar-refractivity contribution in [1.29, 1.82) is 0 Å². The molecule has 2 aliphatic rings. The number of rotatable bonds is 4. The molecule has 0 unspecified atom stereocenters. The van der Waals surface area contributed by atoms with Crippen molar-refractivity contribution in [3.8, 4) is 0 Å². The van der Waals surface area contributed by atoms with Crippen molar-refractivity contribution in [1.82, 2.24) is 19.7 Å². The number of pyridine rings is 1. The number of nitrogens with zero attached hydrogens (tertiary/aromatic N) is 3. The maximum atomic E-state index is 13.0. The summed E-state index contributed by atoms with van der Waals surface area (Å²) in [4.78, 5) is 27.5. The number of H-pyrrole nitrogens is 1. The summed E-state index contributed by atoms with van der Waals surface area (Å²) in [5.74, 6) is -0.246. The minimum Gasteiger partial charge on any atom is -0.336 e. The van der Waals surface area contributed by atoms with Gasteiger partial charge in [-0.25, -0.2) is 8.78 Å². The van der Waals surface area contributed by atoms with Gasteiger partial charge in [-0.1, -0.05) is 36.4 Å². The van der Waals surface area contributed by atoms with Gasteiger partial charge in [-0.05, 0) is 36.5 Å². The van der Waals surface area contributed by atoms with Crippen molar-refractivity contribution in [3.63, 3.8) is 0 Å². The average Bonchev–Trinajstić information content (AvgIpc) is 3.27. The Hall–Kier alpha value is -3.29. The molecule has 2 aliphatic heterocycles. The smallest absolute Gasteiger partial charge is 0.279 e. The maximum absolute atomic E-state index is 13.0. The van der Waals surface area contributed by atoms with E-state index in [1.54, 1.807) is 17.0 Å². The quantitative estimate of drug-likeness (QED) is 0.696. The third-order valence-electron chi connectivity index (χ3n) is 6.43. The van der Waals surface area contributed by atoms with Crippen LogP contribution < -0.4 is 5.56 Å². The number of amides is 1. The highest BCUT2D eigenvalue weighted by atomic mass is 19.3. The van der Waals surface area contributed by atoms with Crippen LogP contribution >= 0.6 is 0 Å². The summed E-state index contributed by atoms with van der Waals surface area (Å²) in [7, 11) is 0. The van der Waals surface area contributed by atoms with Crippen molar-refractivity contribution in [2.24, 2.45) is 5.92 Å². The van der Waals surface area contributed by atoms with Gasteiger partial charge in [0.2, 0.25) is 0 Å². The largest absolute Gasteiger partial charge is 0.336 e. The number of nitrogens with one attached hydrogen (secondary N) is 1. The van der Waals surface area contributed by atoms with Crippen LogP contribution in [0.25, 0.3) is 0 Å². The summed E-state index contributed by atoms with van der Waals surface area (Å²) < 4.78 is 27.7. The Balaban J connectivity index is 1.48. The molecule has 3 aromatic rings. The first-order chi connectivity index (χ1) is 15.0. The molecule has 1 amide bonds. The van der Waals surface area contributed by atoms with Gasteiger partial charge in [-0.3, -0.25) is 14.7 Å². The first-order valence-electron chi connectivity index (χ1n) is 10.4. The van der Waals surface area contributed by atoms with E-state index in [1.807, 2.05) is 41.0 Å². The van der Waals surface area contributed by atoms with E-state index in [0.29, 0.717) is 19.5 Å². The lowest BCUT2D eigenvalue weighted by molar-refractivity contribution is 0.0523. The first-order valence-corrected chi connectivity index (χ1v) is 10.4. The summed E-state index contributed by atoms with van der Waals surface area (Å²) in [6.07, 6.45) is -1.13. The van der Waals surface area contributed by atoms with E-state index in [0.717, 1.165) is 23.7 Å². The number of aromatic amines is 1. The zero-order valence-corrected chi connectivity index (χ0v) is 16.7. The molecule has 0 aliphatic carbocycles. The zero-order valence-electron chi connectivity index (χ0n) is 16.7. The summed E-state index contributed by atoms with van der Waals surface area (Å²) >= 11 is 0. The van der Waals surface area contributed by atoms with Gasteiger partial charge in [-0.15, -0.1) is 0 Å². The number of carbonyl (C=O) groups excluding carboxylic acids is 1. The second kappa shape index (κ2) is 7.76. The molecule has 160 valence electrons. The Morgan fingerprint density at radius 3 is 2.68 bits per heavy atom. The molecule has 1 saturated heterocycles. The standard InChI is InChI=1S/C23H22F2N4O2/c24-22(25)17-11-18(27-26-17)23(31)28-12-15-10-16(13-28)20(9-14-5-2-1-3-6-14)29-19(15)7-4-8-21(29)30/h1-8,11,15-16,20,22H,9-10,12-13H2,(H,26,27)/t15-,16+,20+/m1/s1. The van der Waals surface area contributed by atoms with Crippen LogP contribution in [0.15, 0.2) is 59.4 Å². The molecule has 2 aromatic heterocycles. The number of hydrogen-bond donors (Lipinski definition) is 1. The molecule has 1 fully saturated rings. The summed E-state index contributed by atoms with van der Waals surface area (Å²) in [6.45, 7) is 0.901. The topological polar surface area (TPSA) is 71.0 Å². The van der Waals surface area contributed by atoms with E-state index in [1.165, 1.54) is 0 Å². The highest BCUT2D eigenvalue weighted by Crippen LogP contribution is 2.42. The normalized spacial score (nSPS) is 22.4. The van der Waals surface area contributed by atoms with E-state index in [2.05, 4.69) is 10.2 Å². The Morgan fingerprint density at radius 1 is 1.13 bits per heavy atom. The van der Waals surface area contributed by atoms with Crippen molar-refractivity contribution in [2.75, 3.05) is 13.1 Å². The second-order valence-corrected chi connectivity index (χ2v) is 8.33. The number of piperidine rings is 1. The third kappa shape index (κ3) is 3.56. The van der Waals surface area contributed by atoms with E-state index in [-0.39, 0.29) is 40.7 Å². The number of carbonyl (C=O) groups is 1. The van der Waals surface area contributed by atoms with Crippen LogP contribution in [0.5, 0.6) is 0 Å². The molecule has 3 atom stereocenters. The summed E-state index contributed by atoms with van der Waals surface area (Å²) in [5.41, 5.74) is 1.67. The van der Waals surface area contributed by atoms with Crippen molar-refractivity contribution >= 4 is 5.91 Å². The van der Waals surface area contributed by atoms with Crippen LogP contribution in [-0.2, 0) is 6.42 Å². The van der Waals surface area contributed by atoms with Crippen LogP contribution in [-0.4, -0.2) is 38.7 Å². The number of fused-ring (bicyclic) bond motifs is 4. The third-order valence-corrected chi connectivity index (χ3v) is 6.43. The number of alkyl halides is 2. The van der Waals surface area contributed by atoms with Gasteiger partial charge in [-0.2, -0.15) is 5.10 Å². The van der Waals surface area contributed by atoms with Gasteiger partial charge < -0.3 is 9.47 Å². The van der Waals surface area contributed by atoms with Gasteiger partial charge in [0.1, 0.15) is 5.69 Å². The summed E-state index contributed by atoms with van der Waals surface area (Å²) in [5, 5.41) is 6.05. The maximum Gasteiger partial charge on any atom is 0.279 e. The van der Waals surface area contributed by atoms with E-state index in [4.69, 9.17) is 0 Å². The number of benzene rings is 1. The van der Waals surface area contributed by atoms with Crippen LogP contribution in [0.3, 0.4) is 0 Å². The van der Waals surface area contributed by atoms with E-state index < -0.39 is 6.43 Å². The highest BCUT2D eigenvalue weighted by molar-refractivity contribution is 5.92. The van der Waals surface area contributed by atoms with Crippen LogP contribution in [0.4, 0.5) is 8.78 Å². The molecule has 0 saturated carbocycles. The number of aromatic nitrogens is 3. The van der Waals surface area contributed by atoms with Gasteiger partial charge >= 0.3 is 0 Å². The lowest BCUT2D eigenvalue weighted by Gasteiger charge is -2.47. The number of hydrogen-bond acceptors (Lipinski definition) is 3. The Kier molecular flexibility index (Phi) is 4.92. The van der Waals surface area contributed by atoms with Crippen LogP contribution in [0.1, 0.15) is 52.2 Å².